The number of carbonyl (C=O) groups excluding carboxylic acids is 1. The lowest BCUT2D eigenvalue weighted by Crippen LogP contribution is -2.61. The van der Waals surface area contributed by atoms with Crippen LogP contribution in [0.5, 0.6) is 0 Å². The molecule has 20 heavy (non-hydrogen) atoms. The minimum absolute atomic E-state index is 0.171. The van der Waals surface area contributed by atoms with Gasteiger partial charge in [-0.25, -0.2) is 0 Å². The van der Waals surface area contributed by atoms with Crippen molar-refractivity contribution in [3.63, 3.8) is 0 Å². The summed E-state index contributed by atoms with van der Waals surface area (Å²) in [5, 5.41) is 3.45. The lowest BCUT2D eigenvalue weighted by atomic mass is 9.77. The largest absolute Gasteiger partial charge is 0.368 e. The zero-order valence-electron chi connectivity index (χ0n) is 13.7. The quantitative estimate of drug-likeness (QED) is 0.718. The van der Waals surface area contributed by atoms with E-state index < -0.39 is 5.54 Å². The van der Waals surface area contributed by atoms with Gasteiger partial charge in [0.15, 0.2) is 0 Å². The van der Waals surface area contributed by atoms with E-state index in [1.165, 1.54) is 6.42 Å². The Bertz CT molecular complexity index is 306. The smallest absolute Gasteiger partial charge is 0.237 e. The van der Waals surface area contributed by atoms with Gasteiger partial charge in [0.1, 0.15) is 0 Å². The van der Waals surface area contributed by atoms with Crippen LogP contribution in [0.15, 0.2) is 0 Å². The third-order valence-corrected chi connectivity index (χ3v) is 4.52. The standard InChI is InChI=1S/C16H33N3O/c1-5-10-18-16(15(17)20)9-7-8-14(12-16)19(11-6-2)13(3)4/h13-14,18H,5-12H2,1-4H3,(H2,17,20). The molecule has 4 heteroatoms. The number of primary amides is 1. The Hall–Kier alpha value is -0.610. The van der Waals surface area contributed by atoms with E-state index in [2.05, 4.69) is 37.9 Å². The van der Waals surface area contributed by atoms with Crippen molar-refractivity contribution in [1.82, 2.24) is 10.2 Å². The van der Waals surface area contributed by atoms with E-state index in [1.807, 2.05) is 0 Å². The van der Waals surface area contributed by atoms with E-state index in [0.717, 1.165) is 45.2 Å². The maximum absolute atomic E-state index is 12.0. The van der Waals surface area contributed by atoms with E-state index in [9.17, 15) is 4.79 Å². The fourth-order valence-corrected chi connectivity index (χ4v) is 3.49. The SMILES string of the molecule is CCCNC1(C(N)=O)CCCC(N(CCC)C(C)C)C1. The van der Waals surface area contributed by atoms with Crippen LogP contribution in [0.2, 0.25) is 0 Å². The van der Waals surface area contributed by atoms with E-state index in [0.29, 0.717) is 12.1 Å². The van der Waals surface area contributed by atoms with Gasteiger partial charge in [-0.1, -0.05) is 13.8 Å². The van der Waals surface area contributed by atoms with Crippen molar-refractivity contribution in [3.8, 4) is 0 Å². The third-order valence-electron chi connectivity index (χ3n) is 4.52. The van der Waals surface area contributed by atoms with Crippen molar-refractivity contribution in [3.05, 3.63) is 0 Å². The Balaban J connectivity index is 2.82. The number of nitrogens with two attached hydrogens (primary N) is 1. The molecule has 1 aliphatic carbocycles. The molecular weight excluding hydrogens is 250 g/mol. The summed E-state index contributed by atoms with van der Waals surface area (Å²) in [5.41, 5.74) is 5.25. The number of carbonyl (C=O) groups is 1. The first-order chi connectivity index (χ1) is 9.46. The molecule has 0 aromatic carbocycles. The lowest BCUT2D eigenvalue weighted by Gasteiger charge is -2.45. The fraction of sp³-hybridized carbons (Fsp3) is 0.938. The van der Waals surface area contributed by atoms with E-state index in [4.69, 9.17) is 5.73 Å². The van der Waals surface area contributed by atoms with Crippen molar-refractivity contribution in [2.45, 2.75) is 83.8 Å². The molecule has 3 N–H and O–H groups in total. The van der Waals surface area contributed by atoms with Gasteiger partial charge in [0.2, 0.25) is 5.91 Å². The first-order valence-corrected chi connectivity index (χ1v) is 8.27. The van der Waals surface area contributed by atoms with Crippen LogP contribution in [-0.2, 0) is 4.79 Å². The topological polar surface area (TPSA) is 58.4 Å². The maximum Gasteiger partial charge on any atom is 0.237 e. The summed E-state index contributed by atoms with van der Waals surface area (Å²) in [6.07, 6.45) is 6.19. The van der Waals surface area contributed by atoms with Gasteiger partial charge in [0.25, 0.3) is 0 Å². The van der Waals surface area contributed by atoms with Crippen molar-refractivity contribution < 1.29 is 4.79 Å². The lowest BCUT2D eigenvalue weighted by molar-refractivity contribution is -0.127. The number of nitrogens with one attached hydrogen (secondary N) is 1. The number of amides is 1. The Morgan fingerprint density at radius 2 is 2.10 bits per heavy atom. The molecule has 1 rings (SSSR count). The minimum atomic E-state index is -0.486. The molecule has 118 valence electrons. The predicted molar refractivity (Wildman–Crippen MR) is 84.6 cm³/mol. The van der Waals surface area contributed by atoms with Crippen LogP contribution in [0.1, 0.15) is 66.2 Å². The van der Waals surface area contributed by atoms with Gasteiger partial charge in [-0.05, 0) is 65.5 Å². The van der Waals surface area contributed by atoms with E-state index in [-0.39, 0.29) is 5.91 Å². The zero-order chi connectivity index (χ0) is 15.2. The van der Waals surface area contributed by atoms with Gasteiger partial charge in [0.05, 0.1) is 5.54 Å². The predicted octanol–water partition coefficient (Wildman–Crippen LogP) is 2.27. The summed E-state index contributed by atoms with van der Waals surface area (Å²) in [4.78, 5) is 14.6. The second-order valence-electron chi connectivity index (χ2n) is 6.45. The number of rotatable bonds is 8. The van der Waals surface area contributed by atoms with Gasteiger partial charge in [0, 0.05) is 12.1 Å². The summed E-state index contributed by atoms with van der Waals surface area (Å²) in [5.74, 6) is -0.171. The van der Waals surface area contributed by atoms with Crippen LogP contribution in [0.25, 0.3) is 0 Å². The highest BCUT2D eigenvalue weighted by molar-refractivity contribution is 5.84. The first-order valence-electron chi connectivity index (χ1n) is 8.27. The number of hydrogen-bond donors (Lipinski definition) is 2. The highest BCUT2D eigenvalue weighted by Crippen LogP contribution is 2.32. The molecule has 0 aromatic rings. The average Bonchev–Trinajstić information content (AvgIpc) is 2.42. The molecule has 4 nitrogen and oxygen atoms in total. The van der Waals surface area contributed by atoms with Gasteiger partial charge in [-0.2, -0.15) is 0 Å². The molecule has 2 unspecified atom stereocenters. The Kier molecular flexibility index (Phi) is 6.96. The maximum atomic E-state index is 12.0. The Morgan fingerprint density at radius 3 is 2.60 bits per heavy atom. The van der Waals surface area contributed by atoms with Gasteiger partial charge >= 0.3 is 0 Å². The Morgan fingerprint density at radius 1 is 1.40 bits per heavy atom. The normalized spacial score (nSPS) is 27.2. The molecule has 0 aromatic heterocycles. The fourth-order valence-electron chi connectivity index (χ4n) is 3.49. The number of hydrogen-bond acceptors (Lipinski definition) is 3. The molecule has 0 aliphatic heterocycles. The first kappa shape index (κ1) is 17.4. The summed E-state index contributed by atoms with van der Waals surface area (Å²) in [6, 6.07) is 0.996. The van der Waals surface area contributed by atoms with Crippen molar-refractivity contribution >= 4 is 5.91 Å². The summed E-state index contributed by atoms with van der Waals surface area (Å²) in [7, 11) is 0. The summed E-state index contributed by atoms with van der Waals surface area (Å²) < 4.78 is 0. The average molecular weight is 283 g/mol. The molecule has 0 radical (unpaired) electrons. The van der Waals surface area contributed by atoms with Crippen LogP contribution < -0.4 is 11.1 Å². The summed E-state index contributed by atoms with van der Waals surface area (Å²) >= 11 is 0. The highest BCUT2D eigenvalue weighted by Gasteiger charge is 2.42. The molecule has 1 aliphatic rings. The Labute approximate surface area is 124 Å². The molecule has 0 bridgehead atoms. The second-order valence-corrected chi connectivity index (χ2v) is 6.45. The number of nitrogens with zero attached hydrogens (tertiary/aromatic N) is 1. The van der Waals surface area contributed by atoms with E-state index >= 15 is 0 Å². The zero-order valence-corrected chi connectivity index (χ0v) is 13.7. The van der Waals surface area contributed by atoms with Gasteiger partial charge < -0.3 is 11.1 Å². The molecule has 2 atom stereocenters. The van der Waals surface area contributed by atoms with Crippen LogP contribution >= 0.6 is 0 Å². The van der Waals surface area contributed by atoms with Crippen molar-refractivity contribution in [2.75, 3.05) is 13.1 Å². The third kappa shape index (κ3) is 4.19. The monoisotopic (exact) mass is 283 g/mol. The van der Waals surface area contributed by atoms with Crippen LogP contribution in [0.3, 0.4) is 0 Å². The van der Waals surface area contributed by atoms with Crippen LogP contribution in [-0.4, -0.2) is 41.5 Å². The van der Waals surface area contributed by atoms with Crippen molar-refractivity contribution in [1.29, 1.82) is 0 Å². The molecule has 1 fully saturated rings. The van der Waals surface area contributed by atoms with Crippen LogP contribution in [0.4, 0.5) is 0 Å². The molecule has 0 spiro atoms. The minimum Gasteiger partial charge on any atom is -0.368 e. The van der Waals surface area contributed by atoms with Gasteiger partial charge in [-0.3, -0.25) is 9.69 Å². The molecule has 0 heterocycles. The van der Waals surface area contributed by atoms with Crippen molar-refractivity contribution in [2.24, 2.45) is 5.73 Å². The molecule has 1 amide bonds. The van der Waals surface area contributed by atoms with E-state index in [1.54, 1.807) is 0 Å². The molecule has 0 saturated heterocycles. The molecule has 1 saturated carbocycles. The van der Waals surface area contributed by atoms with Gasteiger partial charge in [-0.15, -0.1) is 0 Å². The molecular formula is C16H33N3O. The highest BCUT2D eigenvalue weighted by atomic mass is 16.1. The second kappa shape index (κ2) is 7.99. The van der Waals surface area contributed by atoms with Crippen LogP contribution in [0, 0.1) is 0 Å². The summed E-state index contributed by atoms with van der Waals surface area (Å²) in [6.45, 7) is 10.8.